The lowest BCUT2D eigenvalue weighted by molar-refractivity contribution is 0.270. The van der Waals surface area contributed by atoms with Crippen molar-refractivity contribution < 1.29 is 5.11 Å². The minimum Gasteiger partial charge on any atom is -0.385 e. The molecule has 0 aromatic carbocycles. The third-order valence-corrected chi connectivity index (χ3v) is 1.11. The summed E-state index contributed by atoms with van der Waals surface area (Å²) in [5, 5.41) is 8.84. The van der Waals surface area contributed by atoms with Crippen molar-refractivity contribution in [2.24, 2.45) is 0 Å². The molecule has 1 N–H and O–H groups in total. The van der Waals surface area contributed by atoms with Crippen LogP contribution in [-0.4, -0.2) is 11.2 Å². The first-order valence-electron chi connectivity index (χ1n) is 2.67. The average molecular weight is 109 g/mol. The van der Waals surface area contributed by atoms with Gasteiger partial charge in [-0.2, -0.15) is 0 Å². The van der Waals surface area contributed by atoms with E-state index in [4.69, 9.17) is 5.11 Å². The van der Waals surface area contributed by atoms with E-state index in [1.807, 2.05) is 19.1 Å². The SMILES string of the molecule is C[C]1C=CC(O)C=C1. The van der Waals surface area contributed by atoms with Crippen molar-refractivity contribution in [3.8, 4) is 0 Å². The van der Waals surface area contributed by atoms with E-state index in [0.29, 0.717) is 0 Å². The van der Waals surface area contributed by atoms with Crippen LogP contribution in [0.25, 0.3) is 0 Å². The molecule has 0 aromatic heterocycles. The average Bonchev–Trinajstić information content (AvgIpc) is 1.77. The predicted octanol–water partition coefficient (Wildman–Crippen LogP) is 1.07. The van der Waals surface area contributed by atoms with Gasteiger partial charge in [0.05, 0.1) is 6.10 Å². The first-order valence-corrected chi connectivity index (χ1v) is 2.67. The molecule has 1 aliphatic rings. The Balaban J connectivity index is 2.54. The van der Waals surface area contributed by atoms with Gasteiger partial charge in [0, 0.05) is 5.92 Å². The molecule has 0 aromatic rings. The third-order valence-electron chi connectivity index (χ3n) is 1.11. The van der Waals surface area contributed by atoms with Gasteiger partial charge >= 0.3 is 0 Å². The quantitative estimate of drug-likeness (QED) is 0.493. The van der Waals surface area contributed by atoms with Crippen LogP contribution < -0.4 is 0 Å². The van der Waals surface area contributed by atoms with Gasteiger partial charge in [-0.25, -0.2) is 0 Å². The minimum absolute atomic E-state index is 0.362. The summed E-state index contributed by atoms with van der Waals surface area (Å²) in [6.45, 7) is 2.00. The van der Waals surface area contributed by atoms with E-state index < -0.39 is 0 Å². The second kappa shape index (κ2) is 2.14. The van der Waals surface area contributed by atoms with Crippen molar-refractivity contribution in [3.05, 3.63) is 30.2 Å². The molecule has 43 valence electrons. The second-order valence-corrected chi connectivity index (χ2v) is 1.95. The van der Waals surface area contributed by atoms with Crippen LogP contribution in [0.15, 0.2) is 24.3 Å². The molecule has 0 aliphatic heterocycles. The van der Waals surface area contributed by atoms with Crippen molar-refractivity contribution in [2.45, 2.75) is 13.0 Å². The predicted molar refractivity (Wildman–Crippen MR) is 33.2 cm³/mol. The Kier molecular flexibility index (Phi) is 1.49. The van der Waals surface area contributed by atoms with Gasteiger partial charge < -0.3 is 5.11 Å². The van der Waals surface area contributed by atoms with Gasteiger partial charge in [-0.05, 0) is 0 Å². The van der Waals surface area contributed by atoms with Crippen LogP contribution in [0.5, 0.6) is 0 Å². The summed E-state index contributed by atoms with van der Waals surface area (Å²) in [4.78, 5) is 0. The van der Waals surface area contributed by atoms with Gasteiger partial charge in [0.25, 0.3) is 0 Å². The highest BCUT2D eigenvalue weighted by Gasteiger charge is 2.00. The van der Waals surface area contributed by atoms with Gasteiger partial charge in [0.2, 0.25) is 0 Å². The molecule has 1 nitrogen and oxygen atoms in total. The van der Waals surface area contributed by atoms with E-state index in [2.05, 4.69) is 0 Å². The Morgan fingerprint density at radius 3 is 2.25 bits per heavy atom. The zero-order valence-corrected chi connectivity index (χ0v) is 4.83. The van der Waals surface area contributed by atoms with E-state index in [1.54, 1.807) is 12.2 Å². The van der Waals surface area contributed by atoms with Crippen molar-refractivity contribution in [2.75, 3.05) is 0 Å². The summed E-state index contributed by atoms with van der Waals surface area (Å²) in [5.74, 6) is 1.19. The van der Waals surface area contributed by atoms with Gasteiger partial charge in [0.1, 0.15) is 0 Å². The molecule has 0 fully saturated rings. The van der Waals surface area contributed by atoms with Crippen LogP contribution in [0.3, 0.4) is 0 Å². The number of rotatable bonds is 0. The highest BCUT2D eigenvalue weighted by molar-refractivity contribution is 5.28. The summed E-state index contributed by atoms with van der Waals surface area (Å²) in [7, 11) is 0. The fourth-order valence-corrected chi connectivity index (χ4v) is 0.620. The fraction of sp³-hybridized carbons (Fsp3) is 0.286. The first kappa shape index (κ1) is 5.57. The van der Waals surface area contributed by atoms with Crippen LogP contribution in [0.1, 0.15) is 6.92 Å². The molecule has 1 aliphatic carbocycles. The number of allylic oxidation sites excluding steroid dienone is 2. The van der Waals surface area contributed by atoms with Crippen molar-refractivity contribution in [3.63, 3.8) is 0 Å². The highest BCUT2D eigenvalue weighted by atomic mass is 16.3. The van der Waals surface area contributed by atoms with Gasteiger partial charge in [-0.3, -0.25) is 0 Å². The van der Waals surface area contributed by atoms with Crippen LogP contribution in [0.4, 0.5) is 0 Å². The fourth-order valence-electron chi connectivity index (χ4n) is 0.620. The maximum atomic E-state index is 8.84. The molecule has 0 saturated heterocycles. The van der Waals surface area contributed by atoms with Crippen LogP contribution in [-0.2, 0) is 0 Å². The summed E-state index contributed by atoms with van der Waals surface area (Å²) in [5.41, 5.74) is 0. The molecule has 1 heteroatoms. The number of aliphatic hydroxyl groups excluding tert-OH is 1. The number of aliphatic hydroxyl groups is 1. The lowest BCUT2D eigenvalue weighted by Gasteiger charge is -2.05. The Morgan fingerprint density at radius 2 is 1.88 bits per heavy atom. The smallest absolute Gasteiger partial charge is 0.0903 e. The van der Waals surface area contributed by atoms with E-state index in [1.165, 1.54) is 5.92 Å². The summed E-state index contributed by atoms with van der Waals surface area (Å²) < 4.78 is 0. The highest BCUT2D eigenvalue weighted by Crippen LogP contribution is 2.09. The molecule has 8 heavy (non-hydrogen) atoms. The Bertz CT molecular complexity index is 96.3. The first-order chi connectivity index (χ1) is 3.79. The third kappa shape index (κ3) is 1.20. The van der Waals surface area contributed by atoms with Crippen molar-refractivity contribution in [1.82, 2.24) is 0 Å². The Hall–Kier alpha value is -0.560. The zero-order chi connectivity index (χ0) is 5.98. The number of hydrogen-bond donors (Lipinski definition) is 1. The van der Waals surface area contributed by atoms with Crippen molar-refractivity contribution >= 4 is 0 Å². The molecular weight excluding hydrogens is 100 g/mol. The normalized spacial score (nSPS) is 22.2. The maximum Gasteiger partial charge on any atom is 0.0903 e. The molecule has 1 radical (unpaired) electrons. The molecule has 0 atom stereocenters. The summed E-state index contributed by atoms with van der Waals surface area (Å²) in [6, 6.07) is 0. The van der Waals surface area contributed by atoms with E-state index in [-0.39, 0.29) is 6.10 Å². The van der Waals surface area contributed by atoms with Crippen LogP contribution in [0.2, 0.25) is 0 Å². The van der Waals surface area contributed by atoms with Gasteiger partial charge in [-0.1, -0.05) is 31.2 Å². The largest absolute Gasteiger partial charge is 0.385 e. The minimum atomic E-state index is -0.362. The molecule has 0 bridgehead atoms. The number of hydrogen-bond acceptors (Lipinski definition) is 1. The molecule has 0 amide bonds. The lowest BCUT2D eigenvalue weighted by atomic mass is 10.0. The molecular formula is C7H9O. The molecule has 0 saturated carbocycles. The Morgan fingerprint density at radius 1 is 1.38 bits per heavy atom. The van der Waals surface area contributed by atoms with Crippen LogP contribution >= 0.6 is 0 Å². The standard InChI is InChI=1S/C7H9O/c1-6-2-4-7(8)5-3-6/h2-5,7-8H,1H3. The van der Waals surface area contributed by atoms with Crippen LogP contribution in [0, 0.1) is 5.92 Å². The molecule has 0 unspecified atom stereocenters. The topological polar surface area (TPSA) is 20.2 Å². The summed E-state index contributed by atoms with van der Waals surface area (Å²) in [6.07, 6.45) is 6.97. The Labute approximate surface area is 49.3 Å². The monoisotopic (exact) mass is 109 g/mol. The van der Waals surface area contributed by atoms with E-state index in [0.717, 1.165) is 0 Å². The second-order valence-electron chi connectivity index (χ2n) is 1.95. The van der Waals surface area contributed by atoms with Crippen molar-refractivity contribution in [1.29, 1.82) is 0 Å². The molecule has 0 spiro atoms. The molecule has 0 heterocycles. The lowest BCUT2D eigenvalue weighted by Crippen LogP contribution is -2.01. The maximum absolute atomic E-state index is 8.84. The zero-order valence-electron chi connectivity index (χ0n) is 4.83. The van der Waals surface area contributed by atoms with Gasteiger partial charge in [-0.15, -0.1) is 0 Å². The van der Waals surface area contributed by atoms with E-state index >= 15 is 0 Å². The van der Waals surface area contributed by atoms with E-state index in [9.17, 15) is 0 Å². The summed E-state index contributed by atoms with van der Waals surface area (Å²) >= 11 is 0. The molecule has 1 rings (SSSR count). The van der Waals surface area contributed by atoms with Gasteiger partial charge in [0.15, 0.2) is 0 Å².